The van der Waals surface area contributed by atoms with Crippen molar-refractivity contribution in [1.82, 2.24) is 0 Å². The molecule has 4 nitrogen and oxygen atoms in total. The molecule has 11 heavy (non-hydrogen) atoms. The monoisotopic (exact) mass is 198 g/mol. The van der Waals surface area contributed by atoms with Crippen LogP contribution in [0.15, 0.2) is 0 Å². The van der Waals surface area contributed by atoms with E-state index in [0.29, 0.717) is 0 Å². The van der Waals surface area contributed by atoms with Crippen LogP contribution in [0.4, 0.5) is 0 Å². The predicted octanol–water partition coefficient (Wildman–Crippen LogP) is 2.24. The number of rotatable bonds is 4. The number of hydrogen-bond acceptors (Lipinski definition) is 4. The van der Waals surface area contributed by atoms with Crippen molar-refractivity contribution in [2.75, 3.05) is 14.2 Å². The highest BCUT2D eigenvalue weighted by atomic mass is 31.2. The molecule has 0 aliphatic carbocycles. The maximum atomic E-state index is 11.3. The van der Waals surface area contributed by atoms with Crippen LogP contribution in [0.3, 0.4) is 0 Å². The Labute approximate surface area is 68.6 Å². The normalized spacial score (nSPS) is 13.5. The molecule has 0 saturated heterocycles. The lowest BCUT2D eigenvalue weighted by Gasteiger charge is -2.22. The first-order valence-corrected chi connectivity index (χ1v) is 8.12. The van der Waals surface area contributed by atoms with Gasteiger partial charge in [-0.05, 0) is 19.6 Å². The molecule has 0 aromatic carbocycles. The zero-order valence-electron chi connectivity index (χ0n) is 7.58. The van der Waals surface area contributed by atoms with Crippen molar-refractivity contribution >= 4 is 16.1 Å². The number of hydrogen-bond donors (Lipinski definition) is 0. The average Bonchev–Trinajstić information content (AvgIpc) is 1.84. The number of phosphoric acid groups is 1. The second-order valence-corrected chi connectivity index (χ2v) is 9.60. The highest BCUT2D eigenvalue weighted by molar-refractivity contribution is 7.50. The Balaban J connectivity index is 4.21. The van der Waals surface area contributed by atoms with E-state index < -0.39 is 16.1 Å². The number of phosphoric ester groups is 1. The van der Waals surface area contributed by atoms with Gasteiger partial charge in [0, 0.05) is 14.2 Å². The second-order valence-electron chi connectivity index (χ2n) is 3.02. The predicted molar refractivity (Wildman–Crippen MR) is 46.1 cm³/mol. The average molecular weight is 198 g/mol. The Bertz CT molecular complexity index is 156. The van der Waals surface area contributed by atoms with Gasteiger partial charge in [0.1, 0.15) is 0 Å². The highest BCUT2D eigenvalue weighted by Crippen LogP contribution is 2.49. The summed E-state index contributed by atoms with van der Waals surface area (Å²) in [5, 5.41) is 0. The minimum atomic E-state index is -3.24. The zero-order chi connectivity index (χ0) is 9.12. The second kappa shape index (κ2) is 3.82. The van der Waals surface area contributed by atoms with E-state index in [4.69, 9.17) is 4.21 Å². The first-order valence-electron chi connectivity index (χ1n) is 3.25. The molecule has 68 valence electrons. The minimum Gasteiger partial charge on any atom is -0.330 e. The SMILES string of the molecule is COP(=O)(OC)O[Si](C)(C)C. The van der Waals surface area contributed by atoms with E-state index in [1.165, 1.54) is 14.2 Å². The van der Waals surface area contributed by atoms with Crippen molar-refractivity contribution < 1.29 is 17.8 Å². The van der Waals surface area contributed by atoms with E-state index in [1.54, 1.807) is 0 Å². The first-order chi connectivity index (χ1) is 4.83. The highest BCUT2D eigenvalue weighted by Gasteiger charge is 2.31. The standard InChI is InChI=1S/C5H15O4PSi/c1-7-10(6,8-2)9-11(3,4)5/h1-5H3. The van der Waals surface area contributed by atoms with E-state index in [0.717, 1.165) is 0 Å². The molecule has 0 saturated carbocycles. The van der Waals surface area contributed by atoms with Gasteiger partial charge in [0.15, 0.2) is 8.32 Å². The van der Waals surface area contributed by atoms with Crippen LogP contribution in [-0.4, -0.2) is 22.5 Å². The summed E-state index contributed by atoms with van der Waals surface area (Å²) >= 11 is 0. The minimum absolute atomic E-state index is 1.31. The van der Waals surface area contributed by atoms with E-state index in [2.05, 4.69) is 9.05 Å². The maximum Gasteiger partial charge on any atom is 0.464 e. The summed E-state index contributed by atoms with van der Waals surface area (Å²) in [6.07, 6.45) is 0. The Hall–Kier alpha value is 0.327. The molecule has 0 aliphatic heterocycles. The topological polar surface area (TPSA) is 44.8 Å². The lowest BCUT2D eigenvalue weighted by molar-refractivity contribution is 0.209. The van der Waals surface area contributed by atoms with E-state index in [9.17, 15) is 4.57 Å². The zero-order valence-corrected chi connectivity index (χ0v) is 9.47. The fourth-order valence-electron chi connectivity index (χ4n) is 0.484. The lowest BCUT2D eigenvalue weighted by atomic mass is 11.8. The summed E-state index contributed by atoms with van der Waals surface area (Å²) in [6.45, 7) is 5.74. The Kier molecular flexibility index (Phi) is 3.94. The van der Waals surface area contributed by atoms with Crippen molar-refractivity contribution in [3.8, 4) is 0 Å². The van der Waals surface area contributed by atoms with E-state index in [-0.39, 0.29) is 0 Å². The van der Waals surface area contributed by atoms with Gasteiger partial charge in [-0.1, -0.05) is 0 Å². The third kappa shape index (κ3) is 4.71. The van der Waals surface area contributed by atoms with Crippen LogP contribution in [0, 0.1) is 0 Å². The third-order valence-electron chi connectivity index (χ3n) is 0.833. The van der Waals surface area contributed by atoms with E-state index >= 15 is 0 Å². The van der Waals surface area contributed by atoms with Gasteiger partial charge in [0.2, 0.25) is 0 Å². The summed E-state index contributed by atoms with van der Waals surface area (Å²) in [7, 11) is -2.47. The molecule has 0 amide bonds. The molecule has 0 radical (unpaired) electrons. The quantitative estimate of drug-likeness (QED) is 0.513. The molecule has 0 heterocycles. The fraction of sp³-hybridized carbons (Fsp3) is 1.00. The van der Waals surface area contributed by atoms with Gasteiger partial charge in [-0.3, -0.25) is 9.05 Å². The van der Waals surface area contributed by atoms with Crippen LogP contribution in [0.25, 0.3) is 0 Å². The van der Waals surface area contributed by atoms with Crippen molar-refractivity contribution in [3.05, 3.63) is 0 Å². The maximum absolute atomic E-state index is 11.3. The van der Waals surface area contributed by atoms with Gasteiger partial charge in [-0.2, -0.15) is 0 Å². The molecule has 0 atom stereocenters. The summed E-state index contributed by atoms with van der Waals surface area (Å²) < 4.78 is 25.7. The van der Waals surface area contributed by atoms with Crippen LogP contribution in [0.5, 0.6) is 0 Å². The molecule has 0 N–H and O–H groups in total. The van der Waals surface area contributed by atoms with Crippen LogP contribution >= 0.6 is 7.82 Å². The molecule has 0 spiro atoms. The van der Waals surface area contributed by atoms with Crippen molar-refractivity contribution in [1.29, 1.82) is 0 Å². The van der Waals surface area contributed by atoms with Gasteiger partial charge in [-0.15, -0.1) is 0 Å². The Morgan fingerprint density at radius 2 is 1.45 bits per heavy atom. The molecule has 0 bridgehead atoms. The molecule has 0 unspecified atom stereocenters. The van der Waals surface area contributed by atoms with Gasteiger partial charge >= 0.3 is 7.82 Å². The third-order valence-corrected chi connectivity index (χ3v) is 4.81. The summed E-state index contributed by atoms with van der Waals surface area (Å²) in [5.41, 5.74) is 0. The molecule has 0 aromatic heterocycles. The van der Waals surface area contributed by atoms with E-state index in [1.807, 2.05) is 19.6 Å². The van der Waals surface area contributed by atoms with Crippen LogP contribution in [-0.2, 0) is 17.8 Å². The molecule has 0 aromatic rings. The lowest BCUT2D eigenvalue weighted by Crippen LogP contribution is -2.24. The molecule has 0 fully saturated rings. The molecule has 0 aliphatic rings. The Morgan fingerprint density at radius 3 is 1.55 bits per heavy atom. The first kappa shape index (κ1) is 11.3. The fourth-order valence-corrected chi connectivity index (χ4v) is 3.91. The van der Waals surface area contributed by atoms with Crippen molar-refractivity contribution in [2.45, 2.75) is 19.6 Å². The van der Waals surface area contributed by atoms with Crippen LogP contribution < -0.4 is 0 Å². The smallest absolute Gasteiger partial charge is 0.330 e. The van der Waals surface area contributed by atoms with Gasteiger partial charge < -0.3 is 4.21 Å². The summed E-state index contributed by atoms with van der Waals surface area (Å²) in [5.74, 6) is 0. The van der Waals surface area contributed by atoms with Crippen molar-refractivity contribution in [2.24, 2.45) is 0 Å². The summed E-state index contributed by atoms with van der Waals surface area (Å²) in [4.78, 5) is 0. The summed E-state index contributed by atoms with van der Waals surface area (Å²) in [6, 6.07) is 0. The van der Waals surface area contributed by atoms with Gasteiger partial charge in [0.25, 0.3) is 0 Å². The molecule has 0 rings (SSSR count). The molecule has 6 heteroatoms. The van der Waals surface area contributed by atoms with Gasteiger partial charge in [0.05, 0.1) is 0 Å². The van der Waals surface area contributed by atoms with Gasteiger partial charge in [-0.25, -0.2) is 4.57 Å². The van der Waals surface area contributed by atoms with Crippen LogP contribution in [0.1, 0.15) is 0 Å². The van der Waals surface area contributed by atoms with Crippen LogP contribution in [0.2, 0.25) is 19.6 Å². The molecular formula is C5H15O4PSi. The largest absolute Gasteiger partial charge is 0.464 e. The Morgan fingerprint density at radius 1 is 1.09 bits per heavy atom. The van der Waals surface area contributed by atoms with Crippen molar-refractivity contribution in [3.63, 3.8) is 0 Å². The molecular weight excluding hydrogens is 183 g/mol.